The number of hydrogen-bond acceptors (Lipinski definition) is 5. The molecule has 0 saturated carbocycles. The number of aryl methyl sites for hydroxylation is 1. The van der Waals surface area contributed by atoms with Gasteiger partial charge in [0.05, 0.1) is 0 Å². The summed E-state index contributed by atoms with van der Waals surface area (Å²) in [6.07, 6.45) is 2.34. The number of aromatic nitrogens is 2. The number of anilines is 1. The van der Waals surface area contributed by atoms with Crippen LogP contribution < -0.4 is 11.1 Å². The molecular formula is C10H18N4OS. The fourth-order valence-corrected chi connectivity index (χ4v) is 1.94. The van der Waals surface area contributed by atoms with Gasteiger partial charge in [0.1, 0.15) is 5.01 Å². The van der Waals surface area contributed by atoms with Crippen molar-refractivity contribution in [3.8, 4) is 0 Å². The van der Waals surface area contributed by atoms with E-state index in [0.717, 1.165) is 17.8 Å². The molecule has 5 nitrogen and oxygen atoms in total. The summed E-state index contributed by atoms with van der Waals surface area (Å²) in [5.74, 6) is 0.493. The predicted molar refractivity (Wildman–Crippen MR) is 65.3 cm³/mol. The maximum atomic E-state index is 11.5. The fraction of sp³-hybridized carbons (Fsp3) is 0.700. The molecule has 0 aliphatic carbocycles. The molecule has 0 radical (unpaired) electrons. The average Bonchev–Trinajstić information content (AvgIpc) is 2.61. The van der Waals surface area contributed by atoms with Crippen molar-refractivity contribution < 1.29 is 4.79 Å². The van der Waals surface area contributed by atoms with E-state index in [4.69, 9.17) is 5.73 Å². The van der Waals surface area contributed by atoms with Crippen molar-refractivity contribution in [2.75, 3.05) is 11.9 Å². The van der Waals surface area contributed by atoms with E-state index in [0.29, 0.717) is 24.0 Å². The Morgan fingerprint density at radius 2 is 2.25 bits per heavy atom. The van der Waals surface area contributed by atoms with Gasteiger partial charge in [0.15, 0.2) is 0 Å². The van der Waals surface area contributed by atoms with Crippen LogP contribution in [0.25, 0.3) is 0 Å². The van der Waals surface area contributed by atoms with E-state index in [1.807, 2.05) is 6.92 Å². The molecule has 1 rings (SSSR count). The molecule has 0 aliphatic heterocycles. The molecular weight excluding hydrogens is 224 g/mol. The van der Waals surface area contributed by atoms with Crippen LogP contribution in [0.5, 0.6) is 0 Å². The highest BCUT2D eigenvalue weighted by Crippen LogP contribution is 2.15. The number of carbonyl (C=O) groups is 1. The first kappa shape index (κ1) is 13.1. The van der Waals surface area contributed by atoms with Gasteiger partial charge < -0.3 is 11.1 Å². The zero-order valence-corrected chi connectivity index (χ0v) is 10.5. The topological polar surface area (TPSA) is 80.9 Å². The second-order valence-corrected chi connectivity index (χ2v) is 5.08. The second-order valence-electron chi connectivity index (χ2n) is 3.90. The standard InChI is InChI=1S/C10H18N4OS/c1-7(5-6-11)3-4-9(15)12-10-14-13-8(2)16-10/h7H,3-6,11H2,1-2H3,(H,12,14,15). The summed E-state index contributed by atoms with van der Waals surface area (Å²) in [7, 11) is 0. The van der Waals surface area contributed by atoms with Crippen LogP contribution >= 0.6 is 11.3 Å². The molecule has 1 atom stereocenters. The number of nitrogens with zero attached hydrogens (tertiary/aromatic N) is 2. The van der Waals surface area contributed by atoms with Crippen LogP contribution in [-0.4, -0.2) is 22.6 Å². The van der Waals surface area contributed by atoms with Gasteiger partial charge in [0.2, 0.25) is 11.0 Å². The molecule has 3 N–H and O–H groups in total. The zero-order valence-electron chi connectivity index (χ0n) is 9.69. The van der Waals surface area contributed by atoms with Crippen molar-refractivity contribution in [3.63, 3.8) is 0 Å². The predicted octanol–water partition coefficient (Wildman–Crippen LogP) is 1.55. The van der Waals surface area contributed by atoms with E-state index >= 15 is 0 Å². The average molecular weight is 242 g/mol. The third kappa shape index (κ3) is 4.67. The molecule has 16 heavy (non-hydrogen) atoms. The smallest absolute Gasteiger partial charge is 0.226 e. The number of carbonyl (C=O) groups excluding carboxylic acids is 1. The molecule has 0 aliphatic rings. The van der Waals surface area contributed by atoms with Crippen molar-refractivity contribution in [2.24, 2.45) is 11.7 Å². The molecule has 0 saturated heterocycles. The van der Waals surface area contributed by atoms with Gasteiger partial charge in [-0.1, -0.05) is 18.3 Å². The van der Waals surface area contributed by atoms with E-state index in [1.165, 1.54) is 11.3 Å². The van der Waals surface area contributed by atoms with Crippen LogP contribution in [0.2, 0.25) is 0 Å². The third-order valence-corrected chi connectivity index (χ3v) is 3.05. The molecule has 6 heteroatoms. The quantitative estimate of drug-likeness (QED) is 0.793. The Kier molecular flexibility index (Phi) is 5.34. The molecule has 1 aromatic heterocycles. The number of rotatable bonds is 6. The van der Waals surface area contributed by atoms with Crippen LogP contribution in [0.1, 0.15) is 31.2 Å². The number of nitrogens with two attached hydrogens (primary N) is 1. The van der Waals surface area contributed by atoms with Gasteiger partial charge in [-0.15, -0.1) is 10.2 Å². The summed E-state index contributed by atoms with van der Waals surface area (Å²) in [5, 5.41) is 11.8. The normalized spacial score (nSPS) is 12.4. The Hall–Kier alpha value is -1.01. The van der Waals surface area contributed by atoms with Crippen molar-refractivity contribution in [2.45, 2.75) is 33.1 Å². The maximum Gasteiger partial charge on any atom is 0.226 e. The molecule has 0 bridgehead atoms. The first-order valence-electron chi connectivity index (χ1n) is 5.42. The molecule has 1 unspecified atom stereocenters. The summed E-state index contributed by atoms with van der Waals surface area (Å²) in [5.41, 5.74) is 5.44. The van der Waals surface area contributed by atoms with E-state index in [2.05, 4.69) is 22.4 Å². The Labute approximate surface area is 99.5 Å². The van der Waals surface area contributed by atoms with Crippen molar-refractivity contribution in [1.29, 1.82) is 0 Å². The van der Waals surface area contributed by atoms with Crippen molar-refractivity contribution >= 4 is 22.4 Å². The molecule has 1 aromatic rings. The largest absolute Gasteiger partial charge is 0.330 e. The Morgan fingerprint density at radius 3 is 2.81 bits per heavy atom. The minimum Gasteiger partial charge on any atom is -0.330 e. The molecule has 1 amide bonds. The second kappa shape index (κ2) is 6.55. The van der Waals surface area contributed by atoms with E-state index in [9.17, 15) is 4.79 Å². The van der Waals surface area contributed by atoms with Crippen LogP contribution in [0, 0.1) is 12.8 Å². The molecule has 0 spiro atoms. The van der Waals surface area contributed by atoms with Crippen LogP contribution in [0.3, 0.4) is 0 Å². The minimum absolute atomic E-state index is 0.0000198. The van der Waals surface area contributed by atoms with E-state index in [1.54, 1.807) is 0 Å². The van der Waals surface area contributed by atoms with Gasteiger partial charge in [-0.3, -0.25) is 4.79 Å². The summed E-state index contributed by atoms with van der Waals surface area (Å²) < 4.78 is 0. The highest BCUT2D eigenvalue weighted by molar-refractivity contribution is 7.15. The van der Waals surface area contributed by atoms with Crippen molar-refractivity contribution in [1.82, 2.24) is 10.2 Å². The van der Waals surface area contributed by atoms with Gasteiger partial charge in [-0.25, -0.2) is 0 Å². The summed E-state index contributed by atoms with van der Waals surface area (Å²) in [4.78, 5) is 11.5. The highest BCUT2D eigenvalue weighted by Gasteiger charge is 2.08. The summed E-state index contributed by atoms with van der Waals surface area (Å²) in [6.45, 7) is 4.64. The summed E-state index contributed by atoms with van der Waals surface area (Å²) >= 11 is 1.39. The van der Waals surface area contributed by atoms with Gasteiger partial charge >= 0.3 is 0 Å². The lowest BCUT2D eigenvalue weighted by atomic mass is 10.0. The van der Waals surface area contributed by atoms with Crippen molar-refractivity contribution in [3.05, 3.63) is 5.01 Å². The lowest BCUT2D eigenvalue weighted by molar-refractivity contribution is -0.116. The highest BCUT2D eigenvalue weighted by atomic mass is 32.1. The number of hydrogen-bond donors (Lipinski definition) is 2. The van der Waals surface area contributed by atoms with Crippen LogP contribution in [0.4, 0.5) is 5.13 Å². The Morgan fingerprint density at radius 1 is 1.50 bits per heavy atom. The molecule has 0 fully saturated rings. The van der Waals surface area contributed by atoms with E-state index < -0.39 is 0 Å². The third-order valence-electron chi connectivity index (χ3n) is 2.30. The van der Waals surface area contributed by atoms with Gasteiger partial charge in [0, 0.05) is 6.42 Å². The van der Waals surface area contributed by atoms with E-state index in [-0.39, 0.29) is 5.91 Å². The van der Waals surface area contributed by atoms with Crippen LogP contribution in [-0.2, 0) is 4.79 Å². The maximum absolute atomic E-state index is 11.5. The number of amides is 1. The van der Waals surface area contributed by atoms with Crippen LogP contribution in [0.15, 0.2) is 0 Å². The fourth-order valence-electron chi connectivity index (χ4n) is 1.34. The molecule has 90 valence electrons. The first-order valence-corrected chi connectivity index (χ1v) is 6.23. The van der Waals surface area contributed by atoms with Gasteiger partial charge in [0.25, 0.3) is 0 Å². The Bertz CT molecular complexity index is 339. The zero-order chi connectivity index (χ0) is 12.0. The minimum atomic E-state index is 0.0000198. The lowest BCUT2D eigenvalue weighted by Gasteiger charge is -2.08. The SMILES string of the molecule is Cc1nnc(NC(=O)CCC(C)CCN)s1. The molecule has 1 heterocycles. The monoisotopic (exact) mass is 242 g/mol. The van der Waals surface area contributed by atoms with Gasteiger partial charge in [-0.05, 0) is 32.2 Å². The lowest BCUT2D eigenvalue weighted by Crippen LogP contribution is -2.13. The first-order chi connectivity index (χ1) is 7.61. The summed E-state index contributed by atoms with van der Waals surface area (Å²) in [6, 6.07) is 0. The Balaban J connectivity index is 2.26. The number of nitrogens with one attached hydrogen (secondary N) is 1. The van der Waals surface area contributed by atoms with Gasteiger partial charge in [-0.2, -0.15) is 0 Å². The molecule has 0 aromatic carbocycles.